The zero-order valence-electron chi connectivity index (χ0n) is 14.7. The number of hydrogen-bond donors (Lipinski definition) is 1. The summed E-state index contributed by atoms with van der Waals surface area (Å²) < 4.78 is 5.84. The molecule has 5 nitrogen and oxygen atoms in total. The number of hydrogen-bond acceptors (Lipinski definition) is 5. The van der Waals surface area contributed by atoms with E-state index in [1.165, 1.54) is 16.7 Å². The molecule has 28 heavy (non-hydrogen) atoms. The number of ether oxygens (including phenoxy) is 1. The van der Waals surface area contributed by atoms with Gasteiger partial charge in [-0.25, -0.2) is 4.79 Å². The number of halogens is 2. The molecule has 2 aromatic carbocycles. The third-order valence-corrected chi connectivity index (χ3v) is 6.36. The molecule has 0 spiro atoms. The molecule has 2 atom stereocenters. The summed E-state index contributed by atoms with van der Waals surface area (Å²) in [4.78, 5) is 26.5. The van der Waals surface area contributed by atoms with Crippen molar-refractivity contribution < 1.29 is 14.3 Å². The molecule has 0 bridgehead atoms. The first-order valence-electron chi connectivity index (χ1n) is 8.47. The molecule has 1 saturated heterocycles. The molecule has 2 aromatic rings. The third kappa shape index (κ3) is 3.65. The molecule has 2 aliphatic rings. The van der Waals surface area contributed by atoms with Crippen molar-refractivity contribution in [3.05, 3.63) is 82.5 Å². The Morgan fingerprint density at radius 2 is 1.64 bits per heavy atom. The number of β-lactam (4-membered cyclic amide) rings is 1. The van der Waals surface area contributed by atoms with E-state index in [2.05, 4.69) is 0 Å². The second-order valence-electron chi connectivity index (χ2n) is 6.30. The molecule has 4 rings (SSSR count). The number of esters is 1. The summed E-state index contributed by atoms with van der Waals surface area (Å²) in [5.74, 6) is -0.508. The number of carbonyl (C=O) groups is 2. The van der Waals surface area contributed by atoms with Crippen molar-refractivity contribution in [3.63, 3.8) is 0 Å². The van der Waals surface area contributed by atoms with Crippen LogP contribution in [0.1, 0.15) is 17.2 Å². The molecular formula is C20H18Cl2N2O3S. The Kier molecular flexibility index (Phi) is 6.35. The van der Waals surface area contributed by atoms with E-state index in [4.69, 9.17) is 22.1 Å². The molecule has 0 aliphatic carbocycles. The number of fused-ring (bicyclic) bond motifs is 1. The maximum atomic E-state index is 13.0. The number of nitrogens with two attached hydrogens (primary N) is 1. The van der Waals surface area contributed by atoms with Gasteiger partial charge in [0.15, 0.2) is 6.10 Å². The van der Waals surface area contributed by atoms with E-state index in [-0.39, 0.29) is 29.4 Å². The van der Waals surface area contributed by atoms with Gasteiger partial charge in [0, 0.05) is 5.75 Å². The van der Waals surface area contributed by atoms with E-state index in [1.807, 2.05) is 60.7 Å². The van der Waals surface area contributed by atoms with Crippen LogP contribution in [0.3, 0.4) is 0 Å². The predicted molar refractivity (Wildman–Crippen MR) is 112 cm³/mol. The van der Waals surface area contributed by atoms with Crippen molar-refractivity contribution in [2.75, 3.05) is 5.75 Å². The molecule has 146 valence electrons. The first kappa shape index (κ1) is 20.7. The second-order valence-corrected chi connectivity index (χ2v) is 7.86. The first-order chi connectivity index (χ1) is 13.1. The van der Waals surface area contributed by atoms with Gasteiger partial charge in [-0.2, -0.15) is 0 Å². The molecule has 1 fully saturated rings. The van der Waals surface area contributed by atoms with Gasteiger partial charge < -0.3 is 10.5 Å². The zero-order chi connectivity index (χ0) is 19.0. The Bertz CT molecular complexity index is 869. The molecule has 2 aliphatic heterocycles. The summed E-state index contributed by atoms with van der Waals surface area (Å²) in [6.45, 7) is 0. The average Bonchev–Trinajstić information content (AvgIpc) is 2.72. The van der Waals surface area contributed by atoms with Crippen LogP contribution in [0.15, 0.2) is 71.4 Å². The van der Waals surface area contributed by atoms with E-state index >= 15 is 0 Å². The van der Waals surface area contributed by atoms with Gasteiger partial charge in [0.1, 0.15) is 17.1 Å². The minimum atomic E-state index is -0.622. The van der Waals surface area contributed by atoms with Crippen molar-refractivity contribution >= 4 is 47.6 Å². The van der Waals surface area contributed by atoms with Gasteiger partial charge in [0.25, 0.3) is 0 Å². The molecule has 2 heterocycles. The van der Waals surface area contributed by atoms with Crippen LogP contribution in [-0.2, 0) is 14.3 Å². The number of amides is 1. The van der Waals surface area contributed by atoms with Gasteiger partial charge >= 0.3 is 5.97 Å². The second kappa shape index (κ2) is 8.57. The van der Waals surface area contributed by atoms with Crippen LogP contribution in [0.4, 0.5) is 0 Å². The lowest BCUT2D eigenvalue weighted by Gasteiger charge is -2.47. The topological polar surface area (TPSA) is 72.6 Å². The fraction of sp³-hybridized carbons (Fsp3) is 0.200. The fourth-order valence-electron chi connectivity index (χ4n) is 3.22. The van der Waals surface area contributed by atoms with Crippen LogP contribution in [-0.4, -0.2) is 33.9 Å². The van der Waals surface area contributed by atoms with Gasteiger partial charge in [-0.15, -0.1) is 24.2 Å². The fourth-order valence-corrected chi connectivity index (χ4v) is 4.71. The molecule has 0 saturated carbocycles. The van der Waals surface area contributed by atoms with Crippen LogP contribution in [0.25, 0.3) is 0 Å². The van der Waals surface area contributed by atoms with Crippen molar-refractivity contribution in [1.29, 1.82) is 0 Å². The maximum absolute atomic E-state index is 13.0. The van der Waals surface area contributed by atoms with Gasteiger partial charge in [-0.05, 0) is 11.1 Å². The van der Waals surface area contributed by atoms with Crippen molar-refractivity contribution in [1.82, 2.24) is 4.90 Å². The first-order valence-corrected chi connectivity index (χ1v) is 9.90. The van der Waals surface area contributed by atoms with E-state index < -0.39 is 18.1 Å². The van der Waals surface area contributed by atoms with Crippen LogP contribution < -0.4 is 5.73 Å². The van der Waals surface area contributed by atoms with E-state index in [0.29, 0.717) is 10.8 Å². The van der Waals surface area contributed by atoms with E-state index in [9.17, 15) is 9.59 Å². The quantitative estimate of drug-likeness (QED) is 0.586. The highest BCUT2D eigenvalue weighted by atomic mass is 35.5. The normalized spacial score (nSPS) is 21.0. The SMILES string of the molecule is Cl.N[C@@H]1C(=O)N2C(C(=O)OC(c3ccccc3)c3ccccc3)=C(Cl)CS[C@H]12. The standard InChI is InChI=1S/C20H17ClN2O3S.ClH/c21-14-11-27-19-15(22)18(24)23(19)16(14)20(25)26-17(12-7-3-1-4-8-12)13-9-5-2-6-10-13;/h1-10,15,17,19H,11,22H2;1H/t15-,19-;/m1./s1. The highest BCUT2D eigenvalue weighted by Gasteiger charge is 2.52. The number of rotatable bonds is 4. The van der Waals surface area contributed by atoms with Crippen LogP contribution in [0.5, 0.6) is 0 Å². The van der Waals surface area contributed by atoms with E-state index in [1.54, 1.807) is 0 Å². The monoisotopic (exact) mass is 436 g/mol. The summed E-state index contributed by atoms with van der Waals surface area (Å²) in [5.41, 5.74) is 7.61. The van der Waals surface area contributed by atoms with Gasteiger partial charge in [-0.3, -0.25) is 9.69 Å². The lowest BCUT2D eigenvalue weighted by Crippen LogP contribution is -2.68. The van der Waals surface area contributed by atoms with Crippen molar-refractivity contribution in [2.45, 2.75) is 17.5 Å². The molecule has 0 unspecified atom stereocenters. The molecule has 0 radical (unpaired) electrons. The Morgan fingerprint density at radius 3 is 2.18 bits per heavy atom. The molecule has 2 N–H and O–H groups in total. The highest BCUT2D eigenvalue weighted by molar-refractivity contribution is 8.00. The third-order valence-electron chi connectivity index (χ3n) is 4.59. The molecule has 0 aromatic heterocycles. The molecular weight excluding hydrogens is 419 g/mol. The summed E-state index contributed by atoms with van der Waals surface area (Å²) in [5, 5.41) is 0.0378. The van der Waals surface area contributed by atoms with Crippen molar-refractivity contribution in [3.8, 4) is 0 Å². The van der Waals surface area contributed by atoms with E-state index in [0.717, 1.165) is 11.1 Å². The van der Waals surface area contributed by atoms with Gasteiger partial charge in [0.05, 0.1) is 5.03 Å². The van der Waals surface area contributed by atoms with Crippen LogP contribution >= 0.6 is 35.8 Å². The molecule has 8 heteroatoms. The number of nitrogens with zero attached hydrogens (tertiary/aromatic N) is 1. The predicted octanol–water partition coefficient (Wildman–Crippen LogP) is 3.43. The minimum Gasteiger partial charge on any atom is -0.448 e. The Labute approximate surface area is 178 Å². The molecule has 1 amide bonds. The maximum Gasteiger partial charge on any atom is 0.357 e. The van der Waals surface area contributed by atoms with Crippen LogP contribution in [0.2, 0.25) is 0 Å². The Balaban J connectivity index is 0.00000225. The number of carbonyl (C=O) groups excluding carboxylic acids is 2. The lowest BCUT2D eigenvalue weighted by molar-refractivity contribution is -0.152. The van der Waals surface area contributed by atoms with Crippen LogP contribution in [0, 0.1) is 0 Å². The smallest absolute Gasteiger partial charge is 0.357 e. The van der Waals surface area contributed by atoms with Crippen molar-refractivity contribution in [2.24, 2.45) is 5.73 Å². The highest BCUT2D eigenvalue weighted by Crippen LogP contribution is 2.41. The summed E-state index contributed by atoms with van der Waals surface area (Å²) in [6.07, 6.45) is -0.602. The number of thioether (sulfide) groups is 1. The number of benzene rings is 2. The Morgan fingerprint density at radius 1 is 1.11 bits per heavy atom. The largest absolute Gasteiger partial charge is 0.448 e. The summed E-state index contributed by atoms with van der Waals surface area (Å²) >= 11 is 7.73. The lowest BCUT2D eigenvalue weighted by atomic mass is 10.0. The van der Waals surface area contributed by atoms with Gasteiger partial charge in [-0.1, -0.05) is 72.3 Å². The Hall–Kier alpha value is -1.99. The summed E-state index contributed by atoms with van der Waals surface area (Å²) in [6, 6.07) is 18.3. The van der Waals surface area contributed by atoms with Gasteiger partial charge in [0.2, 0.25) is 5.91 Å². The average molecular weight is 437 g/mol. The minimum absolute atomic E-state index is 0. The summed E-state index contributed by atoms with van der Waals surface area (Å²) in [7, 11) is 0. The zero-order valence-corrected chi connectivity index (χ0v) is 17.0.